The lowest BCUT2D eigenvalue weighted by Gasteiger charge is -2.07. The molecule has 0 spiro atoms. The van der Waals surface area contributed by atoms with E-state index in [0.29, 0.717) is 18.8 Å². The molecule has 3 N–H and O–H groups in total. The zero-order chi connectivity index (χ0) is 17.9. The average Bonchev–Trinajstić information content (AvgIpc) is 2.56. The molecular weight excluding hydrogens is 310 g/mol. The number of carbonyl (C=O) groups is 3. The van der Waals surface area contributed by atoms with Gasteiger partial charge in [-0.05, 0) is 24.5 Å². The summed E-state index contributed by atoms with van der Waals surface area (Å²) >= 11 is 0. The largest absolute Gasteiger partial charge is 0.352 e. The van der Waals surface area contributed by atoms with Crippen molar-refractivity contribution in [3.05, 3.63) is 30.1 Å². The Bertz CT molecular complexity index is 599. The van der Waals surface area contributed by atoms with E-state index in [1.54, 1.807) is 25.4 Å². The van der Waals surface area contributed by atoms with Crippen LogP contribution >= 0.6 is 0 Å². The molecule has 0 aliphatic heterocycles. The van der Waals surface area contributed by atoms with Gasteiger partial charge in [-0.3, -0.25) is 19.4 Å². The first-order valence-electron chi connectivity index (χ1n) is 7.65. The summed E-state index contributed by atoms with van der Waals surface area (Å²) in [5.41, 5.74) is 3.41. The lowest BCUT2D eigenvalue weighted by atomic mass is 10.2. The number of nitrogens with one attached hydrogen (secondary N) is 3. The maximum atomic E-state index is 11.8. The first kappa shape index (κ1) is 19.3. The number of rotatable bonds is 7. The first-order valence-corrected chi connectivity index (χ1v) is 7.65. The predicted octanol–water partition coefficient (Wildman–Crippen LogP) is 0.352. The van der Waals surface area contributed by atoms with Gasteiger partial charge in [0.15, 0.2) is 0 Å². The maximum absolute atomic E-state index is 11.8. The van der Waals surface area contributed by atoms with E-state index in [9.17, 15) is 14.4 Å². The van der Waals surface area contributed by atoms with Crippen LogP contribution in [0.2, 0.25) is 0 Å². The van der Waals surface area contributed by atoms with Crippen molar-refractivity contribution >= 4 is 23.4 Å². The van der Waals surface area contributed by atoms with Crippen LogP contribution in [-0.2, 0) is 20.9 Å². The fourth-order valence-electron chi connectivity index (χ4n) is 1.61. The van der Waals surface area contributed by atoms with Gasteiger partial charge in [-0.25, -0.2) is 5.43 Å². The molecule has 0 aromatic carbocycles. The Hall–Kier alpha value is -2.77. The fourth-order valence-corrected chi connectivity index (χ4v) is 1.61. The van der Waals surface area contributed by atoms with Crippen molar-refractivity contribution in [2.24, 2.45) is 11.0 Å². The zero-order valence-corrected chi connectivity index (χ0v) is 14.1. The Labute approximate surface area is 141 Å². The van der Waals surface area contributed by atoms with E-state index < -0.39 is 11.8 Å². The fraction of sp³-hybridized carbons (Fsp3) is 0.438. The number of nitrogens with zero attached hydrogens (tertiary/aromatic N) is 2. The van der Waals surface area contributed by atoms with Crippen LogP contribution in [-0.4, -0.2) is 35.0 Å². The predicted molar refractivity (Wildman–Crippen MR) is 89.8 cm³/mol. The summed E-state index contributed by atoms with van der Waals surface area (Å²) in [5.74, 6) is -1.60. The van der Waals surface area contributed by atoms with Crippen LogP contribution in [0.4, 0.5) is 0 Å². The molecule has 8 heteroatoms. The van der Waals surface area contributed by atoms with E-state index in [0.717, 1.165) is 5.56 Å². The van der Waals surface area contributed by atoms with Crippen molar-refractivity contribution < 1.29 is 14.4 Å². The molecule has 3 amide bonds. The Morgan fingerprint density at radius 1 is 1.21 bits per heavy atom. The van der Waals surface area contributed by atoms with Gasteiger partial charge in [0, 0.05) is 31.2 Å². The van der Waals surface area contributed by atoms with Crippen LogP contribution in [0.15, 0.2) is 29.6 Å². The maximum Gasteiger partial charge on any atom is 0.329 e. The van der Waals surface area contributed by atoms with E-state index in [-0.39, 0.29) is 18.2 Å². The van der Waals surface area contributed by atoms with Crippen LogP contribution in [0.3, 0.4) is 0 Å². The smallest absolute Gasteiger partial charge is 0.329 e. The minimum Gasteiger partial charge on any atom is -0.352 e. The Morgan fingerprint density at radius 2 is 1.96 bits per heavy atom. The van der Waals surface area contributed by atoms with Crippen molar-refractivity contribution in [3.63, 3.8) is 0 Å². The summed E-state index contributed by atoms with van der Waals surface area (Å²) < 4.78 is 0. The third-order valence-electron chi connectivity index (χ3n) is 2.85. The molecule has 24 heavy (non-hydrogen) atoms. The summed E-state index contributed by atoms with van der Waals surface area (Å²) in [7, 11) is 0. The van der Waals surface area contributed by atoms with E-state index in [2.05, 4.69) is 26.1 Å². The highest BCUT2D eigenvalue weighted by atomic mass is 16.2. The van der Waals surface area contributed by atoms with E-state index in [4.69, 9.17) is 0 Å². The number of hydrazone groups is 1. The summed E-state index contributed by atoms with van der Waals surface area (Å²) in [4.78, 5) is 38.7. The van der Waals surface area contributed by atoms with E-state index in [1.165, 1.54) is 0 Å². The summed E-state index contributed by atoms with van der Waals surface area (Å²) in [6.07, 6.45) is 3.34. The zero-order valence-electron chi connectivity index (χ0n) is 14.1. The highest BCUT2D eigenvalue weighted by Gasteiger charge is 2.13. The molecular formula is C16H23N5O3. The summed E-state index contributed by atoms with van der Waals surface area (Å²) in [6.45, 7) is 6.21. The van der Waals surface area contributed by atoms with Crippen molar-refractivity contribution in [1.29, 1.82) is 0 Å². The minimum atomic E-state index is -0.856. The van der Waals surface area contributed by atoms with Crippen molar-refractivity contribution in [1.82, 2.24) is 21.0 Å². The molecule has 130 valence electrons. The van der Waals surface area contributed by atoms with Gasteiger partial charge >= 0.3 is 11.8 Å². The molecule has 0 saturated heterocycles. The van der Waals surface area contributed by atoms with Crippen molar-refractivity contribution in [2.45, 2.75) is 33.7 Å². The van der Waals surface area contributed by atoms with Crippen LogP contribution in [0.1, 0.15) is 32.8 Å². The Balaban J connectivity index is 2.33. The SMILES string of the molecule is CC(CC(=O)NCc1cccnc1)=NNC(=O)C(=O)NCC(C)C. The average molecular weight is 333 g/mol. The Kier molecular flexibility index (Phi) is 8.10. The molecule has 0 saturated carbocycles. The molecule has 0 fully saturated rings. The van der Waals surface area contributed by atoms with Gasteiger partial charge in [-0.15, -0.1) is 0 Å². The monoisotopic (exact) mass is 333 g/mol. The van der Waals surface area contributed by atoms with Gasteiger partial charge in [-0.2, -0.15) is 5.10 Å². The van der Waals surface area contributed by atoms with Crippen LogP contribution in [0, 0.1) is 5.92 Å². The van der Waals surface area contributed by atoms with Crippen molar-refractivity contribution in [3.8, 4) is 0 Å². The molecule has 0 bridgehead atoms. The van der Waals surface area contributed by atoms with Crippen molar-refractivity contribution in [2.75, 3.05) is 6.54 Å². The van der Waals surface area contributed by atoms with Crippen LogP contribution in [0.5, 0.6) is 0 Å². The molecule has 0 unspecified atom stereocenters. The molecule has 0 aliphatic rings. The summed E-state index contributed by atoms with van der Waals surface area (Å²) in [6, 6.07) is 3.64. The van der Waals surface area contributed by atoms with Gasteiger partial charge in [0.25, 0.3) is 0 Å². The number of hydrogen-bond acceptors (Lipinski definition) is 5. The highest BCUT2D eigenvalue weighted by molar-refractivity contribution is 6.35. The lowest BCUT2D eigenvalue weighted by molar-refractivity contribution is -0.139. The normalized spacial score (nSPS) is 11.1. The molecule has 8 nitrogen and oxygen atoms in total. The van der Waals surface area contributed by atoms with Gasteiger partial charge in [0.05, 0.1) is 6.42 Å². The number of pyridine rings is 1. The number of amides is 3. The number of hydrogen-bond donors (Lipinski definition) is 3. The van der Waals surface area contributed by atoms with Gasteiger partial charge in [0.2, 0.25) is 5.91 Å². The van der Waals surface area contributed by atoms with Crippen LogP contribution < -0.4 is 16.1 Å². The second-order valence-corrected chi connectivity index (χ2v) is 5.71. The van der Waals surface area contributed by atoms with E-state index in [1.807, 2.05) is 19.9 Å². The molecule has 1 aromatic rings. The Morgan fingerprint density at radius 3 is 2.58 bits per heavy atom. The molecule has 0 aliphatic carbocycles. The summed E-state index contributed by atoms with van der Waals surface area (Å²) in [5, 5.41) is 8.95. The lowest BCUT2D eigenvalue weighted by Crippen LogP contribution is -2.39. The molecule has 1 rings (SSSR count). The molecule has 1 heterocycles. The third-order valence-corrected chi connectivity index (χ3v) is 2.85. The number of aromatic nitrogens is 1. The minimum absolute atomic E-state index is 0.0220. The topological polar surface area (TPSA) is 113 Å². The second kappa shape index (κ2) is 10.1. The molecule has 0 atom stereocenters. The van der Waals surface area contributed by atoms with E-state index >= 15 is 0 Å². The standard InChI is InChI=1S/C16H23N5O3/c1-11(2)8-19-15(23)16(24)21-20-12(3)7-14(22)18-10-13-5-4-6-17-9-13/h4-6,9,11H,7-8,10H2,1-3H3,(H,18,22)(H,19,23)(H,21,24). The van der Waals surface area contributed by atoms with Gasteiger partial charge < -0.3 is 10.6 Å². The second-order valence-electron chi connectivity index (χ2n) is 5.71. The number of carbonyl (C=O) groups excluding carboxylic acids is 3. The highest BCUT2D eigenvalue weighted by Crippen LogP contribution is 1.95. The van der Waals surface area contributed by atoms with Gasteiger partial charge in [-0.1, -0.05) is 19.9 Å². The third kappa shape index (κ3) is 8.02. The van der Waals surface area contributed by atoms with Gasteiger partial charge in [0.1, 0.15) is 0 Å². The molecule has 0 radical (unpaired) electrons. The quantitative estimate of drug-likeness (QED) is 0.380. The van der Waals surface area contributed by atoms with Crippen LogP contribution in [0.25, 0.3) is 0 Å². The first-order chi connectivity index (χ1) is 11.4. The molecule has 1 aromatic heterocycles.